The number of amides is 1. The number of alkyl halides is 1. The molecule has 1 N–H and O–H groups in total. The van der Waals surface area contributed by atoms with Crippen molar-refractivity contribution in [3.63, 3.8) is 0 Å². The van der Waals surface area contributed by atoms with Gasteiger partial charge in [-0.2, -0.15) is 5.10 Å². The highest BCUT2D eigenvalue weighted by atomic mass is 79.9. The molecule has 0 atom stereocenters. The molecule has 0 aliphatic carbocycles. The first-order chi connectivity index (χ1) is 8.19. The molecule has 0 radical (unpaired) electrons. The smallest absolute Gasteiger partial charge is 0.254 e. The van der Waals surface area contributed by atoms with Gasteiger partial charge < -0.3 is 10.1 Å². The summed E-state index contributed by atoms with van der Waals surface area (Å²) in [7, 11) is 1.81. The fourth-order valence-corrected chi connectivity index (χ4v) is 1.70. The molecule has 1 amide bonds. The molecular weight excluding hydrogens is 286 g/mol. The van der Waals surface area contributed by atoms with E-state index in [0.717, 1.165) is 17.4 Å². The number of aryl methyl sites for hydroxylation is 2. The van der Waals surface area contributed by atoms with Crippen molar-refractivity contribution in [2.24, 2.45) is 7.05 Å². The summed E-state index contributed by atoms with van der Waals surface area (Å²) in [6, 6.07) is 0. The molecule has 1 aromatic heterocycles. The van der Waals surface area contributed by atoms with Crippen LogP contribution in [0.15, 0.2) is 6.20 Å². The van der Waals surface area contributed by atoms with Gasteiger partial charge in [-0.1, -0.05) is 22.9 Å². The highest BCUT2D eigenvalue weighted by Crippen LogP contribution is 2.06. The van der Waals surface area contributed by atoms with Crippen molar-refractivity contribution < 1.29 is 9.53 Å². The van der Waals surface area contributed by atoms with Crippen LogP contribution in [0.3, 0.4) is 0 Å². The van der Waals surface area contributed by atoms with Crippen molar-refractivity contribution in [3.8, 4) is 0 Å². The molecule has 0 bridgehead atoms. The molecule has 0 saturated heterocycles. The molecular formula is C11H18BrN3O2. The van der Waals surface area contributed by atoms with Crippen molar-refractivity contribution >= 4 is 21.8 Å². The van der Waals surface area contributed by atoms with Crippen molar-refractivity contribution in [2.45, 2.75) is 13.3 Å². The minimum Gasteiger partial charge on any atom is -0.379 e. The Balaban J connectivity index is 2.41. The molecule has 17 heavy (non-hydrogen) atoms. The van der Waals surface area contributed by atoms with E-state index >= 15 is 0 Å². The molecule has 0 aliphatic heterocycles. The molecule has 0 fully saturated rings. The van der Waals surface area contributed by atoms with Crippen molar-refractivity contribution in [1.82, 2.24) is 15.1 Å². The van der Waals surface area contributed by atoms with E-state index in [1.165, 1.54) is 0 Å². The molecule has 0 aromatic carbocycles. The zero-order valence-electron chi connectivity index (χ0n) is 10.2. The van der Waals surface area contributed by atoms with Gasteiger partial charge in [0.15, 0.2) is 0 Å². The van der Waals surface area contributed by atoms with Gasteiger partial charge in [0, 0.05) is 25.1 Å². The number of carbonyl (C=O) groups is 1. The summed E-state index contributed by atoms with van der Waals surface area (Å²) in [4.78, 5) is 11.8. The SMILES string of the molecule is CCc1nn(C)cc1C(=O)NCCOCCBr. The van der Waals surface area contributed by atoms with E-state index < -0.39 is 0 Å². The average molecular weight is 304 g/mol. The number of rotatable bonds is 7. The van der Waals surface area contributed by atoms with E-state index in [0.29, 0.717) is 25.3 Å². The summed E-state index contributed by atoms with van der Waals surface area (Å²) >= 11 is 3.27. The normalized spacial score (nSPS) is 10.5. The van der Waals surface area contributed by atoms with Gasteiger partial charge >= 0.3 is 0 Å². The third kappa shape index (κ3) is 4.47. The Labute approximate surface area is 110 Å². The topological polar surface area (TPSA) is 56.2 Å². The number of nitrogens with zero attached hydrogens (tertiary/aromatic N) is 2. The van der Waals surface area contributed by atoms with Crippen LogP contribution in [0.4, 0.5) is 0 Å². The van der Waals surface area contributed by atoms with Gasteiger partial charge in [0.2, 0.25) is 0 Å². The number of hydrogen-bond acceptors (Lipinski definition) is 3. The standard InChI is InChI=1S/C11H18BrN3O2/c1-3-10-9(8-15(2)14-10)11(16)13-5-7-17-6-4-12/h8H,3-7H2,1-2H3,(H,13,16). The zero-order valence-corrected chi connectivity index (χ0v) is 11.8. The molecule has 0 aliphatic rings. The van der Waals surface area contributed by atoms with Crippen LogP contribution < -0.4 is 5.32 Å². The highest BCUT2D eigenvalue weighted by Gasteiger charge is 2.13. The first kappa shape index (κ1) is 14.2. The molecule has 5 nitrogen and oxygen atoms in total. The largest absolute Gasteiger partial charge is 0.379 e. The Morgan fingerprint density at radius 3 is 3.00 bits per heavy atom. The lowest BCUT2D eigenvalue weighted by atomic mass is 10.2. The minimum atomic E-state index is -0.0857. The molecule has 0 spiro atoms. The summed E-state index contributed by atoms with van der Waals surface area (Å²) in [5, 5.41) is 7.85. The molecule has 6 heteroatoms. The summed E-state index contributed by atoms with van der Waals surface area (Å²) in [5.41, 5.74) is 1.47. The molecule has 0 unspecified atom stereocenters. The maximum Gasteiger partial charge on any atom is 0.254 e. The lowest BCUT2D eigenvalue weighted by Gasteiger charge is -2.04. The third-order valence-corrected chi connectivity index (χ3v) is 2.56. The number of nitrogens with one attached hydrogen (secondary N) is 1. The number of ether oxygens (including phenoxy) is 1. The van der Waals surface area contributed by atoms with Gasteiger partial charge in [-0.25, -0.2) is 0 Å². The zero-order chi connectivity index (χ0) is 12.7. The fraction of sp³-hybridized carbons (Fsp3) is 0.636. The van der Waals surface area contributed by atoms with Gasteiger partial charge in [0.1, 0.15) is 0 Å². The Hall–Kier alpha value is -0.880. The first-order valence-corrected chi connectivity index (χ1v) is 6.75. The van der Waals surface area contributed by atoms with E-state index in [1.807, 2.05) is 14.0 Å². The Morgan fingerprint density at radius 2 is 2.35 bits per heavy atom. The molecule has 1 heterocycles. The van der Waals surface area contributed by atoms with Crippen LogP contribution >= 0.6 is 15.9 Å². The quantitative estimate of drug-likeness (QED) is 0.607. The van der Waals surface area contributed by atoms with Crippen LogP contribution in [0.25, 0.3) is 0 Å². The van der Waals surface area contributed by atoms with Crippen LogP contribution in [-0.4, -0.2) is 40.8 Å². The summed E-state index contributed by atoms with van der Waals surface area (Å²) in [6.45, 7) is 3.68. The van der Waals surface area contributed by atoms with Crippen LogP contribution in [-0.2, 0) is 18.2 Å². The van der Waals surface area contributed by atoms with Gasteiger partial charge in [-0.15, -0.1) is 0 Å². The second kappa shape index (κ2) is 7.45. The molecule has 0 saturated carbocycles. The van der Waals surface area contributed by atoms with E-state index in [-0.39, 0.29) is 5.91 Å². The van der Waals surface area contributed by atoms with Crippen LogP contribution in [0.5, 0.6) is 0 Å². The van der Waals surface area contributed by atoms with E-state index in [9.17, 15) is 4.79 Å². The Bertz CT molecular complexity index is 366. The number of aromatic nitrogens is 2. The predicted molar refractivity (Wildman–Crippen MR) is 69.5 cm³/mol. The fourth-order valence-electron chi connectivity index (χ4n) is 1.47. The molecule has 96 valence electrons. The summed E-state index contributed by atoms with van der Waals surface area (Å²) < 4.78 is 6.91. The Kier molecular flexibility index (Phi) is 6.21. The van der Waals surface area contributed by atoms with Crippen LogP contribution in [0.2, 0.25) is 0 Å². The van der Waals surface area contributed by atoms with Gasteiger partial charge in [0.05, 0.1) is 24.5 Å². The Morgan fingerprint density at radius 1 is 1.59 bits per heavy atom. The lowest BCUT2D eigenvalue weighted by Crippen LogP contribution is -2.27. The number of hydrogen-bond donors (Lipinski definition) is 1. The second-order valence-electron chi connectivity index (χ2n) is 3.57. The molecule has 1 rings (SSSR count). The first-order valence-electron chi connectivity index (χ1n) is 5.63. The van der Waals surface area contributed by atoms with E-state index in [4.69, 9.17) is 4.74 Å². The number of halogens is 1. The van der Waals surface area contributed by atoms with Gasteiger partial charge in [-0.3, -0.25) is 9.48 Å². The lowest BCUT2D eigenvalue weighted by molar-refractivity contribution is 0.0923. The van der Waals surface area contributed by atoms with Crippen molar-refractivity contribution in [2.75, 3.05) is 25.1 Å². The third-order valence-electron chi connectivity index (χ3n) is 2.24. The average Bonchev–Trinajstić information content (AvgIpc) is 2.70. The maximum absolute atomic E-state index is 11.8. The van der Waals surface area contributed by atoms with Gasteiger partial charge in [0.25, 0.3) is 5.91 Å². The second-order valence-corrected chi connectivity index (χ2v) is 4.37. The van der Waals surface area contributed by atoms with E-state index in [2.05, 4.69) is 26.3 Å². The monoisotopic (exact) mass is 303 g/mol. The van der Waals surface area contributed by atoms with Crippen LogP contribution in [0.1, 0.15) is 23.0 Å². The summed E-state index contributed by atoms with van der Waals surface area (Å²) in [6.07, 6.45) is 2.50. The van der Waals surface area contributed by atoms with Crippen molar-refractivity contribution in [1.29, 1.82) is 0 Å². The minimum absolute atomic E-state index is 0.0857. The van der Waals surface area contributed by atoms with Crippen molar-refractivity contribution in [3.05, 3.63) is 17.5 Å². The summed E-state index contributed by atoms with van der Waals surface area (Å²) in [5.74, 6) is -0.0857. The number of carbonyl (C=O) groups excluding carboxylic acids is 1. The highest BCUT2D eigenvalue weighted by molar-refractivity contribution is 9.09. The van der Waals surface area contributed by atoms with Crippen LogP contribution in [0, 0.1) is 0 Å². The van der Waals surface area contributed by atoms with E-state index in [1.54, 1.807) is 10.9 Å². The molecule has 1 aromatic rings. The maximum atomic E-state index is 11.8. The van der Waals surface area contributed by atoms with Gasteiger partial charge in [-0.05, 0) is 6.42 Å². The predicted octanol–water partition coefficient (Wildman–Crippen LogP) is 1.12.